The molecular weight excluding hydrogens is 244 g/mol. The molecular formula is C13H10N4O2. The highest BCUT2D eigenvalue weighted by molar-refractivity contribution is 6.04. The smallest absolute Gasteiger partial charge is 0.259 e. The van der Waals surface area contributed by atoms with Crippen molar-refractivity contribution in [1.29, 1.82) is 0 Å². The lowest BCUT2D eigenvalue weighted by atomic mass is 10.1. The van der Waals surface area contributed by atoms with E-state index in [1.807, 2.05) is 0 Å². The van der Waals surface area contributed by atoms with Crippen molar-refractivity contribution in [3.8, 4) is 11.8 Å². The van der Waals surface area contributed by atoms with Crippen LogP contribution >= 0.6 is 0 Å². The molecule has 6 nitrogen and oxygen atoms in total. The number of aliphatic hydroxyl groups excluding tert-OH is 1. The van der Waals surface area contributed by atoms with Crippen LogP contribution in [0.2, 0.25) is 0 Å². The van der Waals surface area contributed by atoms with Gasteiger partial charge in [-0.05, 0) is 12.1 Å². The van der Waals surface area contributed by atoms with Gasteiger partial charge in [0.2, 0.25) is 5.95 Å². The number of pyridine rings is 1. The number of amides is 1. The molecule has 2 aromatic rings. The SMILES string of the molecule is O=C(Nc1ncccn1)c1ccncc1C#CCO. The van der Waals surface area contributed by atoms with Crippen LogP contribution in [0.3, 0.4) is 0 Å². The van der Waals surface area contributed by atoms with Crippen molar-refractivity contribution in [3.05, 3.63) is 48.0 Å². The van der Waals surface area contributed by atoms with E-state index < -0.39 is 0 Å². The lowest BCUT2D eigenvalue weighted by Gasteiger charge is -2.04. The van der Waals surface area contributed by atoms with Gasteiger partial charge in [0.15, 0.2) is 0 Å². The minimum atomic E-state index is -0.379. The van der Waals surface area contributed by atoms with Crippen molar-refractivity contribution in [2.45, 2.75) is 0 Å². The molecule has 2 N–H and O–H groups in total. The van der Waals surface area contributed by atoms with E-state index >= 15 is 0 Å². The molecule has 0 aliphatic rings. The van der Waals surface area contributed by atoms with Crippen molar-refractivity contribution in [3.63, 3.8) is 0 Å². The molecule has 0 saturated carbocycles. The molecule has 0 aliphatic heterocycles. The summed E-state index contributed by atoms with van der Waals surface area (Å²) in [5, 5.41) is 11.2. The van der Waals surface area contributed by atoms with Gasteiger partial charge in [0, 0.05) is 24.8 Å². The molecule has 19 heavy (non-hydrogen) atoms. The Morgan fingerprint density at radius 2 is 2.11 bits per heavy atom. The van der Waals surface area contributed by atoms with Gasteiger partial charge in [-0.15, -0.1) is 0 Å². The van der Waals surface area contributed by atoms with Crippen LogP contribution in [0.1, 0.15) is 15.9 Å². The van der Waals surface area contributed by atoms with Crippen molar-refractivity contribution < 1.29 is 9.90 Å². The molecule has 0 unspecified atom stereocenters. The highest BCUT2D eigenvalue weighted by atomic mass is 16.2. The van der Waals surface area contributed by atoms with Crippen LogP contribution in [-0.2, 0) is 0 Å². The van der Waals surface area contributed by atoms with E-state index in [2.05, 4.69) is 32.1 Å². The standard InChI is InChI=1S/C13H10N4O2/c18-8-1-3-10-9-14-7-4-11(10)12(19)17-13-15-5-2-6-16-13/h2,4-7,9,18H,8H2,(H,15,16,17,19). The third kappa shape index (κ3) is 3.34. The number of anilines is 1. The second-order valence-electron chi connectivity index (χ2n) is 3.41. The summed E-state index contributed by atoms with van der Waals surface area (Å²) in [4.78, 5) is 23.7. The molecule has 94 valence electrons. The monoisotopic (exact) mass is 254 g/mol. The summed E-state index contributed by atoms with van der Waals surface area (Å²) in [7, 11) is 0. The minimum absolute atomic E-state index is 0.213. The van der Waals surface area contributed by atoms with E-state index in [0.717, 1.165) is 0 Å². The van der Waals surface area contributed by atoms with Gasteiger partial charge in [0.1, 0.15) is 6.61 Å². The Morgan fingerprint density at radius 1 is 1.32 bits per heavy atom. The molecule has 0 fully saturated rings. The zero-order chi connectivity index (χ0) is 13.5. The van der Waals surface area contributed by atoms with Crippen LogP contribution in [0.4, 0.5) is 5.95 Å². The maximum atomic E-state index is 12.0. The summed E-state index contributed by atoms with van der Waals surface area (Å²) in [5.74, 6) is 4.98. The fourth-order valence-corrected chi connectivity index (χ4v) is 1.36. The average Bonchev–Trinajstić information content (AvgIpc) is 2.46. The van der Waals surface area contributed by atoms with Gasteiger partial charge in [-0.25, -0.2) is 9.97 Å². The Bertz CT molecular complexity index is 632. The molecule has 0 bridgehead atoms. The lowest BCUT2D eigenvalue weighted by molar-refractivity contribution is 0.102. The van der Waals surface area contributed by atoms with Crippen LogP contribution in [0, 0.1) is 11.8 Å². The van der Waals surface area contributed by atoms with Crippen molar-refractivity contribution in [2.75, 3.05) is 11.9 Å². The number of carbonyl (C=O) groups is 1. The van der Waals surface area contributed by atoms with Crippen molar-refractivity contribution in [1.82, 2.24) is 15.0 Å². The molecule has 0 saturated heterocycles. The zero-order valence-electron chi connectivity index (χ0n) is 9.87. The lowest BCUT2D eigenvalue weighted by Crippen LogP contribution is -2.15. The first-order valence-corrected chi connectivity index (χ1v) is 5.43. The molecule has 0 aromatic carbocycles. The second kappa shape index (κ2) is 6.23. The molecule has 2 heterocycles. The topological polar surface area (TPSA) is 88.0 Å². The van der Waals surface area contributed by atoms with Crippen LogP contribution < -0.4 is 5.32 Å². The highest BCUT2D eigenvalue weighted by Gasteiger charge is 2.11. The van der Waals surface area contributed by atoms with Crippen LogP contribution in [0.25, 0.3) is 0 Å². The van der Waals surface area contributed by atoms with Gasteiger partial charge >= 0.3 is 0 Å². The molecule has 0 atom stereocenters. The van der Waals surface area contributed by atoms with Gasteiger partial charge in [-0.1, -0.05) is 11.8 Å². The van der Waals surface area contributed by atoms with Gasteiger partial charge in [-0.2, -0.15) is 0 Å². The number of carbonyl (C=O) groups excluding carboxylic acids is 1. The minimum Gasteiger partial charge on any atom is -0.384 e. The third-order valence-corrected chi connectivity index (χ3v) is 2.16. The van der Waals surface area contributed by atoms with E-state index in [4.69, 9.17) is 5.11 Å². The predicted molar refractivity (Wildman–Crippen MR) is 68.2 cm³/mol. The Kier molecular flexibility index (Phi) is 4.16. The summed E-state index contributed by atoms with van der Waals surface area (Å²) in [6, 6.07) is 3.19. The van der Waals surface area contributed by atoms with Gasteiger partial charge in [0.25, 0.3) is 5.91 Å². The van der Waals surface area contributed by atoms with E-state index in [1.54, 1.807) is 12.1 Å². The molecule has 0 aliphatic carbocycles. The van der Waals surface area contributed by atoms with Crippen molar-refractivity contribution in [2.24, 2.45) is 0 Å². The fourth-order valence-electron chi connectivity index (χ4n) is 1.36. The largest absolute Gasteiger partial charge is 0.384 e. The van der Waals surface area contributed by atoms with Gasteiger partial charge in [-0.3, -0.25) is 15.1 Å². The molecule has 2 aromatic heterocycles. The van der Waals surface area contributed by atoms with E-state index in [9.17, 15) is 4.79 Å². The summed E-state index contributed by atoms with van der Waals surface area (Å²) in [6.45, 7) is -0.280. The Morgan fingerprint density at radius 3 is 2.84 bits per heavy atom. The zero-order valence-corrected chi connectivity index (χ0v) is 9.87. The van der Waals surface area contributed by atoms with Gasteiger partial charge in [0.05, 0.1) is 11.1 Å². The van der Waals surface area contributed by atoms with Crippen LogP contribution in [0.15, 0.2) is 36.9 Å². The number of rotatable bonds is 2. The first kappa shape index (κ1) is 12.7. The molecule has 2 rings (SSSR count). The number of aromatic nitrogens is 3. The first-order valence-electron chi connectivity index (χ1n) is 5.43. The highest BCUT2D eigenvalue weighted by Crippen LogP contribution is 2.07. The van der Waals surface area contributed by atoms with Crippen LogP contribution in [0.5, 0.6) is 0 Å². The van der Waals surface area contributed by atoms with E-state index in [-0.39, 0.29) is 18.5 Å². The number of nitrogens with one attached hydrogen (secondary N) is 1. The summed E-state index contributed by atoms with van der Waals surface area (Å²) < 4.78 is 0. The number of aliphatic hydroxyl groups is 1. The number of hydrogen-bond acceptors (Lipinski definition) is 5. The Balaban J connectivity index is 2.24. The summed E-state index contributed by atoms with van der Waals surface area (Å²) in [6.07, 6.45) is 6.01. The molecule has 0 spiro atoms. The maximum absolute atomic E-state index is 12.0. The second-order valence-corrected chi connectivity index (χ2v) is 3.41. The third-order valence-electron chi connectivity index (χ3n) is 2.16. The molecule has 6 heteroatoms. The normalized spacial score (nSPS) is 9.32. The number of hydrogen-bond donors (Lipinski definition) is 2. The van der Waals surface area contributed by atoms with Crippen molar-refractivity contribution >= 4 is 11.9 Å². The molecule has 0 radical (unpaired) electrons. The van der Waals surface area contributed by atoms with Crippen LogP contribution in [-0.4, -0.2) is 32.6 Å². The predicted octanol–water partition coefficient (Wildman–Crippen LogP) is 0.468. The Labute approximate surface area is 109 Å². The van der Waals surface area contributed by atoms with E-state index in [0.29, 0.717) is 11.1 Å². The van der Waals surface area contributed by atoms with Gasteiger partial charge < -0.3 is 5.11 Å². The Hall–Kier alpha value is -2.78. The fraction of sp³-hybridized carbons (Fsp3) is 0.0769. The number of nitrogens with zero attached hydrogens (tertiary/aromatic N) is 3. The summed E-state index contributed by atoms with van der Waals surface area (Å²) >= 11 is 0. The summed E-state index contributed by atoms with van der Waals surface area (Å²) in [5.41, 5.74) is 0.786. The van der Waals surface area contributed by atoms with E-state index in [1.165, 1.54) is 24.8 Å². The first-order chi connectivity index (χ1) is 9.31. The quantitative estimate of drug-likeness (QED) is 0.760. The molecule has 1 amide bonds. The average molecular weight is 254 g/mol. The maximum Gasteiger partial charge on any atom is 0.259 e.